The molecule has 1 aromatic carbocycles. The minimum Gasteiger partial charge on any atom is -0.464 e. The lowest BCUT2D eigenvalue weighted by atomic mass is 10.1. The van der Waals surface area contributed by atoms with Crippen LogP contribution in [0.3, 0.4) is 0 Å². The number of ether oxygens (including phenoxy) is 1. The fraction of sp³-hybridized carbons (Fsp3) is 0.500. The van der Waals surface area contributed by atoms with Gasteiger partial charge < -0.3 is 9.26 Å². The average Bonchev–Trinajstić information content (AvgIpc) is 3.31. The third-order valence-electron chi connectivity index (χ3n) is 5.03. The van der Waals surface area contributed by atoms with Gasteiger partial charge in [0, 0.05) is 38.2 Å². The van der Waals surface area contributed by atoms with Crippen LogP contribution in [0, 0.1) is 0 Å². The van der Waals surface area contributed by atoms with Crippen molar-refractivity contribution in [3.63, 3.8) is 0 Å². The molecule has 150 valence electrons. The Kier molecular flexibility index (Phi) is 5.07. The van der Waals surface area contributed by atoms with Crippen LogP contribution in [0.1, 0.15) is 17.9 Å². The first-order valence-corrected chi connectivity index (χ1v) is 9.03. The molecule has 0 radical (unpaired) electrons. The van der Waals surface area contributed by atoms with E-state index in [9.17, 15) is 18.0 Å². The van der Waals surface area contributed by atoms with Gasteiger partial charge in [-0.3, -0.25) is 14.6 Å². The zero-order chi connectivity index (χ0) is 19.7. The summed E-state index contributed by atoms with van der Waals surface area (Å²) in [4.78, 5) is 20.2. The van der Waals surface area contributed by atoms with Crippen LogP contribution < -0.4 is 0 Å². The third kappa shape index (κ3) is 4.02. The van der Waals surface area contributed by atoms with Crippen LogP contribution in [0.15, 0.2) is 28.8 Å². The fourth-order valence-corrected chi connectivity index (χ4v) is 3.51. The Morgan fingerprint density at radius 1 is 1.18 bits per heavy atom. The summed E-state index contributed by atoms with van der Waals surface area (Å²) in [6, 6.07) is 4.70. The molecule has 0 amide bonds. The molecule has 2 aromatic rings. The minimum absolute atomic E-state index is 0.133. The van der Waals surface area contributed by atoms with E-state index in [0.29, 0.717) is 19.0 Å². The predicted molar refractivity (Wildman–Crippen MR) is 91.0 cm³/mol. The van der Waals surface area contributed by atoms with Crippen LogP contribution >= 0.6 is 0 Å². The molecule has 2 saturated heterocycles. The van der Waals surface area contributed by atoms with Crippen molar-refractivity contribution in [1.29, 1.82) is 0 Å². The van der Waals surface area contributed by atoms with E-state index in [1.165, 1.54) is 12.1 Å². The highest BCUT2D eigenvalue weighted by Crippen LogP contribution is 2.31. The summed E-state index contributed by atoms with van der Waals surface area (Å²) in [5.41, 5.74) is -0.493. The summed E-state index contributed by atoms with van der Waals surface area (Å²) in [6.45, 7) is 3.80. The number of rotatable bonds is 4. The fourth-order valence-electron chi connectivity index (χ4n) is 3.51. The molecule has 0 bridgehead atoms. The van der Waals surface area contributed by atoms with Gasteiger partial charge in [0.15, 0.2) is 0 Å². The highest BCUT2D eigenvalue weighted by atomic mass is 19.4. The predicted octanol–water partition coefficient (Wildman–Crippen LogP) is 2.19. The first-order valence-electron chi connectivity index (χ1n) is 9.03. The van der Waals surface area contributed by atoms with E-state index in [2.05, 4.69) is 19.9 Å². The van der Waals surface area contributed by atoms with Crippen molar-refractivity contribution in [2.45, 2.75) is 25.2 Å². The smallest absolute Gasteiger partial charge is 0.416 e. The maximum absolute atomic E-state index is 12.9. The van der Waals surface area contributed by atoms with Crippen molar-refractivity contribution in [1.82, 2.24) is 19.9 Å². The molecular formula is C18H19F3N4O3. The second-order valence-electron chi connectivity index (χ2n) is 6.87. The number of alkyl halides is 3. The Bertz CT molecular complexity index is 847. The number of benzene rings is 1. The molecule has 0 spiro atoms. The summed E-state index contributed by atoms with van der Waals surface area (Å²) in [5, 5.41) is 3.81. The van der Waals surface area contributed by atoms with Crippen LogP contribution in [0.2, 0.25) is 0 Å². The molecule has 0 aliphatic carbocycles. The van der Waals surface area contributed by atoms with E-state index in [-0.39, 0.29) is 23.4 Å². The van der Waals surface area contributed by atoms with Gasteiger partial charge in [0.25, 0.3) is 0 Å². The van der Waals surface area contributed by atoms with E-state index in [1.54, 1.807) is 0 Å². The Balaban J connectivity index is 1.36. The number of halogens is 3. The number of carbonyl (C=O) groups is 1. The van der Waals surface area contributed by atoms with E-state index < -0.39 is 11.7 Å². The third-order valence-corrected chi connectivity index (χ3v) is 5.03. The van der Waals surface area contributed by atoms with Gasteiger partial charge in [0.05, 0.1) is 18.7 Å². The molecule has 0 saturated carbocycles. The lowest BCUT2D eigenvalue weighted by molar-refractivity contribution is -0.143. The van der Waals surface area contributed by atoms with E-state index in [4.69, 9.17) is 9.26 Å². The monoisotopic (exact) mass is 396 g/mol. The number of esters is 1. The molecule has 1 aromatic heterocycles. The Hall–Kier alpha value is -2.46. The minimum atomic E-state index is -4.42. The number of aromatic nitrogens is 2. The summed E-state index contributed by atoms with van der Waals surface area (Å²) < 4.78 is 48.8. The van der Waals surface area contributed by atoms with Crippen LogP contribution in [0.25, 0.3) is 11.4 Å². The van der Waals surface area contributed by atoms with Crippen molar-refractivity contribution >= 4 is 5.97 Å². The zero-order valence-corrected chi connectivity index (χ0v) is 15.0. The van der Waals surface area contributed by atoms with Crippen LogP contribution in [0.5, 0.6) is 0 Å². The summed E-state index contributed by atoms with van der Waals surface area (Å²) in [7, 11) is 0. The number of piperazine rings is 1. The molecule has 0 unspecified atom stereocenters. The average molecular weight is 396 g/mol. The highest BCUT2D eigenvalue weighted by Gasteiger charge is 2.34. The second kappa shape index (κ2) is 7.51. The maximum atomic E-state index is 12.9. The topological polar surface area (TPSA) is 71.7 Å². The normalized spacial score (nSPS) is 21.8. The molecule has 4 rings (SSSR count). The number of cyclic esters (lactones) is 1. The standard InChI is InChI=1S/C18H19F3N4O3/c19-18(20,21)13-3-1-2-12(10-13)16-22-15(28-23-16)11-24-5-7-25(8-6-24)14-4-9-27-17(14)26/h1-3,10,14H,4-9,11H2/t14-/m1/s1. The van der Waals surface area contributed by atoms with E-state index in [0.717, 1.165) is 44.7 Å². The Morgan fingerprint density at radius 2 is 1.96 bits per heavy atom. The van der Waals surface area contributed by atoms with Crippen LogP contribution in [-0.4, -0.2) is 64.7 Å². The summed E-state index contributed by atoms with van der Waals surface area (Å²) in [5.74, 6) is 0.325. The summed E-state index contributed by atoms with van der Waals surface area (Å²) in [6.07, 6.45) is -3.70. The molecule has 10 heteroatoms. The van der Waals surface area contributed by atoms with Gasteiger partial charge in [-0.25, -0.2) is 0 Å². The quantitative estimate of drug-likeness (QED) is 0.734. The first kappa shape index (κ1) is 18.9. The molecule has 0 N–H and O–H groups in total. The molecule has 28 heavy (non-hydrogen) atoms. The lowest BCUT2D eigenvalue weighted by Crippen LogP contribution is -2.51. The second-order valence-corrected chi connectivity index (χ2v) is 6.87. The molecular weight excluding hydrogens is 377 g/mol. The largest absolute Gasteiger partial charge is 0.464 e. The first-order chi connectivity index (χ1) is 13.4. The zero-order valence-electron chi connectivity index (χ0n) is 15.0. The number of carbonyl (C=O) groups excluding carboxylic acids is 1. The van der Waals surface area contributed by atoms with Crippen LogP contribution in [-0.2, 0) is 22.3 Å². The molecule has 3 heterocycles. The number of hydrogen-bond donors (Lipinski definition) is 0. The van der Waals surface area contributed by atoms with E-state index >= 15 is 0 Å². The highest BCUT2D eigenvalue weighted by molar-refractivity contribution is 5.77. The van der Waals surface area contributed by atoms with Crippen molar-refractivity contribution in [2.75, 3.05) is 32.8 Å². The van der Waals surface area contributed by atoms with Gasteiger partial charge in [0.1, 0.15) is 6.04 Å². The van der Waals surface area contributed by atoms with Gasteiger partial charge in [-0.15, -0.1) is 0 Å². The van der Waals surface area contributed by atoms with Crippen LogP contribution in [0.4, 0.5) is 13.2 Å². The SMILES string of the molecule is O=C1OCC[C@H]1N1CCN(Cc2nc(-c3cccc(C(F)(F)F)c3)no2)CC1. The van der Waals surface area contributed by atoms with Gasteiger partial charge in [-0.2, -0.15) is 18.2 Å². The summed E-state index contributed by atoms with van der Waals surface area (Å²) >= 11 is 0. The molecule has 1 atom stereocenters. The van der Waals surface area contributed by atoms with Gasteiger partial charge in [-0.05, 0) is 12.1 Å². The molecule has 2 aliphatic heterocycles. The molecule has 2 aliphatic rings. The van der Waals surface area contributed by atoms with E-state index in [1.807, 2.05) is 0 Å². The lowest BCUT2D eigenvalue weighted by Gasteiger charge is -2.35. The van der Waals surface area contributed by atoms with Crippen molar-refractivity contribution in [3.05, 3.63) is 35.7 Å². The van der Waals surface area contributed by atoms with Crippen molar-refractivity contribution in [3.8, 4) is 11.4 Å². The Labute approximate surface area is 159 Å². The van der Waals surface area contributed by atoms with Gasteiger partial charge >= 0.3 is 12.1 Å². The number of hydrogen-bond acceptors (Lipinski definition) is 7. The van der Waals surface area contributed by atoms with Crippen molar-refractivity contribution in [2.24, 2.45) is 0 Å². The number of nitrogens with zero attached hydrogens (tertiary/aromatic N) is 4. The molecule has 2 fully saturated rings. The van der Waals surface area contributed by atoms with Gasteiger partial charge in [-0.1, -0.05) is 17.3 Å². The molecule has 7 nitrogen and oxygen atoms in total. The van der Waals surface area contributed by atoms with Gasteiger partial charge in [0.2, 0.25) is 11.7 Å². The Morgan fingerprint density at radius 3 is 2.64 bits per heavy atom. The van der Waals surface area contributed by atoms with Crippen molar-refractivity contribution < 1.29 is 27.2 Å². The maximum Gasteiger partial charge on any atom is 0.416 e.